The van der Waals surface area contributed by atoms with Crippen molar-refractivity contribution in [1.82, 2.24) is 0 Å². The Hall–Kier alpha value is -1.46. The molecule has 0 aliphatic rings. The normalized spacial score (nSPS) is 13.4. The number of methoxy groups -OCH3 is 1. The first kappa shape index (κ1) is 15.6. The molecule has 5 nitrogen and oxygen atoms in total. The number of benzene rings is 1. The highest BCUT2D eigenvalue weighted by atomic mass is 35.5. The molecule has 1 aromatic rings. The van der Waals surface area contributed by atoms with Crippen LogP contribution in [0.2, 0.25) is 5.02 Å². The van der Waals surface area contributed by atoms with E-state index < -0.39 is 0 Å². The molecule has 106 valence electrons. The molecular weight excluding hydrogens is 266 g/mol. The van der Waals surface area contributed by atoms with Crippen LogP contribution in [-0.4, -0.2) is 37.3 Å². The minimum atomic E-state index is 0.0430. The fourth-order valence-electron chi connectivity index (χ4n) is 2.01. The van der Waals surface area contributed by atoms with Crippen molar-refractivity contribution in [3.05, 3.63) is 28.8 Å². The summed E-state index contributed by atoms with van der Waals surface area (Å²) in [5, 5.41) is 12.2. The summed E-state index contributed by atoms with van der Waals surface area (Å²) < 4.78 is 5.17. The van der Waals surface area contributed by atoms with Gasteiger partial charge < -0.3 is 20.6 Å². The van der Waals surface area contributed by atoms with Crippen LogP contribution in [0.1, 0.15) is 19.4 Å². The number of hydrogen-bond donors (Lipinski definition) is 2. The molecule has 6 heteroatoms. The Balaban J connectivity index is 3.06. The van der Waals surface area contributed by atoms with Crippen molar-refractivity contribution in [2.75, 3.05) is 25.2 Å². The van der Waals surface area contributed by atoms with E-state index in [9.17, 15) is 0 Å². The number of likely N-dealkylation sites (N-methyl/N-ethyl adjacent to an activating group) is 1. The van der Waals surface area contributed by atoms with Crippen LogP contribution in [0.25, 0.3) is 0 Å². The van der Waals surface area contributed by atoms with Crippen LogP contribution in [0, 0.1) is 0 Å². The fraction of sp³-hybridized carbons (Fsp3) is 0.462. The predicted octanol–water partition coefficient (Wildman–Crippen LogP) is 2.30. The van der Waals surface area contributed by atoms with Crippen LogP contribution < -0.4 is 10.6 Å². The zero-order chi connectivity index (χ0) is 14.4. The van der Waals surface area contributed by atoms with Gasteiger partial charge in [0.15, 0.2) is 5.84 Å². The summed E-state index contributed by atoms with van der Waals surface area (Å²) in [7, 11) is 1.67. The zero-order valence-electron chi connectivity index (χ0n) is 11.4. The van der Waals surface area contributed by atoms with E-state index in [-0.39, 0.29) is 11.9 Å². The van der Waals surface area contributed by atoms with E-state index in [0.717, 1.165) is 12.2 Å². The number of ether oxygens (including phenoxy) is 1. The van der Waals surface area contributed by atoms with Crippen molar-refractivity contribution in [2.45, 2.75) is 19.9 Å². The first-order valence-electron chi connectivity index (χ1n) is 6.08. The molecule has 3 N–H and O–H groups in total. The first-order chi connectivity index (χ1) is 9.04. The van der Waals surface area contributed by atoms with Crippen LogP contribution in [0.3, 0.4) is 0 Å². The van der Waals surface area contributed by atoms with Crippen molar-refractivity contribution < 1.29 is 9.94 Å². The molecule has 0 bridgehead atoms. The number of rotatable bonds is 6. The molecular formula is C13H20ClN3O2. The van der Waals surface area contributed by atoms with Gasteiger partial charge in [-0.15, -0.1) is 0 Å². The van der Waals surface area contributed by atoms with Crippen LogP contribution >= 0.6 is 11.6 Å². The molecule has 0 aromatic heterocycles. The van der Waals surface area contributed by atoms with E-state index in [2.05, 4.69) is 23.9 Å². The van der Waals surface area contributed by atoms with Gasteiger partial charge in [0.2, 0.25) is 0 Å². The van der Waals surface area contributed by atoms with Gasteiger partial charge in [-0.3, -0.25) is 0 Å². The molecule has 1 unspecified atom stereocenters. The largest absolute Gasteiger partial charge is 0.409 e. The molecule has 0 spiro atoms. The smallest absolute Gasteiger partial charge is 0.170 e. The number of hydrogen-bond acceptors (Lipinski definition) is 4. The molecule has 0 saturated carbocycles. The van der Waals surface area contributed by atoms with E-state index in [1.54, 1.807) is 19.2 Å². The minimum Gasteiger partial charge on any atom is -0.409 e. The van der Waals surface area contributed by atoms with Gasteiger partial charge in [-0.05, 0) is 32.0 Å². The lowest BCUT2D eigenvalue weighted by Crippen LogP contribution is -2.36. The number of amidine groups is 1. The van der Waals surface area contributed by atoms with Crippen LogP contribution in [0.15, 0.2) is 23.4 Å². The molecule has 0 radical (unpaired) electrons. The van der Waals surface area contributed by atoms with Gasteiger partial charge in [0.05, 0.1) is 17.3 Å². The quantitative estimate of drug-likeness (QED) is 0.364. The van der Waals surface area contributed by atoms with Crippen molar-refractivity contribution >= 4 is 23.1 Å². The molecule has 1 aromatic carbocycles. The molecule has 19 heavy (non-hydrogen) atoms. The Bertz CT molecular complexity index is 452. The highest BCUT2D eigenvalue weighted by molar-refractivity contribution is 6.33. The summed E-state index contributed by atoms with van der Waals surface area (Å²) in [5.74, 6) is 0.0430. The molecule has 0 aliphatic carbocycles. The Kier molecular flexibility index (Phi) is 5.92. The summed E-state index contributed by atoms with van der Waals surface area (Å²) in [6.45, 7) is 5.56. The standard InChI is InChI=1S/C13H20ClN3O2/c1-4-17(9(2)8-19-3)12-6-5-10(7-11(12)14)13(15)16-18/h5-7,9,18H,4,8H2,1-3H3,(H2,15,16). The van der Waals surface area contributed by atoms with Crippen molar-refractivity contribution in [3.8, 4) is 0 Å². The highest BCUT2D eigenvalue weighted by Gasteiger charge is 2.16. The third kappa shape index (κ3) is 3.75. The predicted molar refractivity (Wildman–Crippen MR) is 78.3 cm³/mol. The monoisotopic (exact) mass is 285 g/mol. The summed E-state index contributed by atoms with van der Waals surface area (Å²) in [5.41, 5.74) is 7.03. The van der Waals surface area contributed by atoms with E-state index in [4.69, 9.17) is 27.3 Å². The number of oxime groups is 1. The second-order valence-electron chi connectivity index (χ2n) is 4.24. The van der Waals surface area contributed by atoms with Gasteiger partial charge in [0.25, 0.3) is 0 Å². The third-order valence-electron chi connectivity index (χ3n) is 2.94. The summed E-state index contributed by atoms with van der Waals surface area (Å²) >= 11 is 6.27. The summed E-state index contributed by atoms with van der Waals surface area (Å²) in [4.78, 5) is 2.14. The van der Waals surface area contributed by atoms with E-state index >= 15 is 0 Å². The fourth-order valence-corrected chi connectivity index (χ4v) is 2.30. The first-order valence-corrected chi connectivity index (χ1v) is 6.45. The van der Waals surface area contributed by atoms with Gasteiger partial charge >= 0.3 is 0 Å². The highest BCUT2D eigenvalue weighted by Crippen LogP contribution is 2.28. The summed E-state index contributed by atoms with van der Waals surface area (Å²) in [6.07, 6.45) is 0. The van der Waals surface area contributed by atoms with E-state index in [1.165, 1.54) is 0 Å². The van der Waals surface area contributed by atoms with Gasteiger partial charge in [-0.1, -0.05) is 16.8 Å². The van der Waals surface area contributed by atoms with Crippen molar-refractivity contribution in [2.24, 2.45) is 10.9 Å². The lowest BCUT2D eigenvalue weighted by Gasteiger charge is -2.30. The second kappa shape index (κ2) is 7.21. The lowest BCUT2D eigenvalue weighted by molar-refractivity contribution is 0.182. The number of halogens is 1. The van der Waals surface area contributed by atoms with Gasteiger partial charge in [-0.2, -0.15) is 0 Å². The second-order valence-corrected chi connectivity index (χ2v) is 4.65. The Morgan fingerprint density at radius 3 is 2.74 bits per heavy atom. The van der Waals surface area contributed by atoms with Crippen molar-refractivity contribution in [3.63, 3.8) is 0 Å². The molecule has 0 saturated heterocycles. The maximum atomic E-state index is 8.65. The zero-order valence-corrected chi connectivity index (χ0v) is 12.2. The summed E-state index contributed by atoms with van der Waals surface area (Å²) in [6, 6.07) is 5.54. The van der Waals surface area contributed by atoms with Gasteiger partial charge in [0, 0.05) is 25.3 Å². The Morgan fingerprint density at radius 1 is 1.58 bits per heavy atom. The molecule has 1 rings (SSSR count). The van der Waals surface area contributed by atoms with Crippen LogP contribution in [0.4, 0.5) is 5.69 Å². The van der Waals surface area contributed by atoms with Crippen molar-refractivity contribution in [1.29, 1.82) is 0 Å². The molecule has 0 fully saturated rings. The topological polar surface area (TPSA) is 71.1 Å². The average Bonchev–Trinajstić information content (AvgIpc) is 2.40. The number of anilines is 1. The maximum Gasteiger partial charge on any atom is 0.170 e. The molecule has 0 amide bonds. The molecule has 1 atom stereocenters. The Morgan fingerprint density at radius 2 is 2.26 bits per heavy atom. The molecule has 0 heterocycles. The van der Waals surface area contributed by atoms with Gasteiger partial charge in [0.1, 0.15) is 0 Å². The molecule has 0 aliphatic heterocycles. The van der Waals surface area contributed by atoms with E-state index in [0.29, 0.717) is 17.2 Å². The van der Waals surface area contributed by atoms with Crippen LogP contribution in [0.5, 0.6) is 0 Å². The maximum absolute atomic E-state index is 8.65. The SMILES string of the molecule is CCN(c1ccc(C(N)=NO)cc1Cl)C(C)COC. The third-order valence-corrected chi connectivity index (χ3v) is 3.24. The Labute approximate surface area is 118 Å². The average molecular weight is 286 g/mol. The van der Waals surface area contributed by atoms with E-state index in [1.807, 2.05) is 6.07 Å². The van der Waals surface area contributed by atoms with Gasteiger partial charge in [-0.25, -0.2) is 0 Å². The lowest BCUT2D eigenvalue weighted by atomic mass is 10.1. The van der Waals surface area contributed by atoms with Crippen LogP contribution in [-0.2, 0) is 4.74 Å². The number of nitrogens with two attached hydrogens (primary N) is 1. The minimum absolute atomic E-state index is 0.0430. The number of nitrogens with zero attached hydrogens (tertiary/aromatic N) is 2.